The van der Waals surface area contributed by atoms with Crippen LogP contribution in [0.25, 0.3) is 0 Å². The van der Waals surface area contributed by atoms with Gasteiger partial charge in [0.2, 0.25) is 0 Å². The maximum atomic E-state index is 9.72. The number of rotatable bonds is 2. The fourth-order valence-electron chi connectivity index (χ4n) is 0.149. The second kappa shape index (κ2) is 4.16. The van der Waals surface area contributed by atoms with Crippen molar-refractivity contribution in [2.24, 2.45) is 0 Å². The van der Waals surface area contributed by atoms with E-state index in [-0.39, 0.29) is 26.0 Å². The van der Waals surface area contributed by atoms with Crippen molar-refractivity contribution in [2.75, 3.05) is 5.75 Å². The SMILES string of the molecule is C=CCS(=O)(=O)O.[H-].[Li+]. The average molecular weight is 130 g/mol. The first-order valence-corrected chi connectivity index (χ1v) is 3.23. The molecule has 5 heteroatoms. The summed E-state index contributed by atoms with van der Waals surface area (Å²) < 4.78 is 27.3. The predicted molar refractivity (Wildman–Crippen MR) is 27.7 cm³/mol. The van der Waals surface area contributed by atoms with Crippen LogP contribution in [0, 0.1) is 0 Å². The molecular weight excluding hydrogens is 123 g/mol. The Morgan fingerprint density at radius 2 is 2.12 bits per heavy atom. The van der Waals surface area contributed by atoms with Gasteiger partial charge in [0.25, 0.3) is 10.1 Å². The Hall–Kier alpha value is 0.247. The van der Waals surface area contributed by atoms with Crippen LogP contribution in [0.5, 0.6) is 0 Å². The monoisotopic (exact) mass is 130 g/mol. The van der Waals surface area contributed by atoms with E-state index in [4.69, 9.17) is 4.55 Å². The average Bonchev–Trinajstić information content (AvgIpc) is 1.30. The predicted octanol–water partition coefficient (Wildman–Crippen LogP) is -2.82. The maximum Gasteiger partial charge on any atom is 1.00 e. The first kappa shape index (κ1) is 11.1. The van der Waals surface area contributed by atoms with Crippen LogP contribution in [-0.4, -0.2) is 18.7 Å². The third-order valence-electron chi connectivity index (χ3n) is 0.328. The van der Waals surface area contributed by atoms with Gasteiger partial charge in [0.05, 0.1) is 5.75 Å². The van der Waals surface area contributed by atoms with Gasteiger partial charge in [-0.2, -0.15) is 8.42 Å². The van der Waals surface area contributed by atoms with Gasteiger partial charge in [-0.15, -0.1) is 6.58 Å². The minimum atomic E-state index is -3.79. The summed E-state index contributed by atoms with van der Waals surface area (Å²) in [7, 11) is -3.79. The van der Waals surface area contributed by atoms with Gasteiger partial charge < -0.3 is 1.43 Å². The number of hydrogen-bond acceptors (Lipinski definition) is 2. The molecule has 0 aliphatic carbocycles. The molecule has 0 aromatic carbocycles. The van der Waals surface area contributed by atoms with Crippen molar-refractivity contribution >= 4 is 10.1 Å². The van der Waals surface area contributed by atoms with Crippen LogP contribution in [0.4, 0.5) is 0 Å². The zero-order valence-electron chi connectivity index (χ0n) is 5.66. The third-order valence-corrected chi connectivity index (χ3v) is 0.985. The standard InChI is InChI=1S/C3H6O3S.Li.H/c1-2-3-7(4,5)6;;/h2H,1,3H2,(H,4,5,6);;/q;+1;-1. The summed E-state index contributed by atoms with van der Waals surface area (Å²) in [6.45, 7) is 3.11. The second-order valence-electron chi connectivity index (χ2n) is 1.04. The Morgan fingerprint density at radius 3 is 2.12 bits per heavy atom. The van der Waals surface area contributed by atoms with E-state index in [0.717, 1.165) is 6.08 Å². The summed E-state index contributed by atoms with van der Waals surface area (Å²) in [5.74, 6) is -0.368. The second-order valence-corrected chi connectivity index (χ2v) is 2.53. The van der Waals surface area contributed by atoms with Crippen molar-refractivity contribution in [1.82, 2.24) is 0 Å². The fraction of sp³-hybridized carbons (Fsp3) is 0.333. The molecule has 0 amide bonds. The van der Waals surface area contributed by atoms with E-state index in [2.05, 4.69) is 6.58 Å². The van der Waals surface area contributed by atoms with E-state index in [1.54, 1.807) is 0 Å². The molecule has 0 bridgehead atoms. The zero-order chi connectivity index (χ0) is 5.91. The smallest absolute Gasteiger partial charge is 1.00 e. The van der Waals surface area contributed by atoms with Crippen LogP contribution in [0.2, 0.25) is 0 Å². The van der Waals surface area contributed by atoms with Crippen molar-refractivity contribution in [2.45, 2.75) is 0 Å². The fourth-order valence-corrected chi connectivity index (χ4v) is 0.447. The van der Waals surface area contributed by atoms with Crippen molar-refractivity contribution in [3.8, 4) is 0 Å². The Bertz CT molecular complexity index is 152. The van der Waals surface area contributed by atoms with Crippen LogP contribution in [-0.2, 0) is 10.1 Å². The Morgan fingerprint density at radius 1 is 1.75 bits per heavy atom. The molecule has 44 valence electrons. The molecule has 0 aromatic rings. The van der Waals surface area contributed by atoms with E-state index < -0.39 is 10.1 Å². The largest absolute Gasteiger partial charge is 1.00 e. The molecule has 0 fully saturated rings. The minimum absolute atomic E-state index is 0. The Labute approximate surface area is 62.2 Å². The van der Waals surface area contributed by atoms with Crippen LogP contribution in [0.3, 0.4) is 0 Å². The third kappa shape index (κ3) is 9.54. The van der Waals surface area contributed by atoms with Gasteiger partial charge >= 0.3 is 18.9 Å². The van der Waals surface area contributed by atoms with E-state index in [1.165, 1.54) is 0 Å². The van der Waals surface area contributed by atoms with E-state index in [0.29, 0.717) is 0 Å². The van der Waals surface area contributed by atoms with Gasteiger partial charge in [0.1, 0.15) is 0 Å². The summed E-state index contributed by atoms with van der Waals surface area (Å²) in [4.78, 5) is 0. The molecule has 0 unspecified atom stereocenters. The minimum Gasteiger partial charge on any atom is -1.00 e. The van der Waals surface area contributed by atoms with Crippen LogP contribution < -0.4 is 18.9 Å². The van der Waals surface area contributed by atoms with Crippen molar-refractivity contribution in [3.63, 3.8) is 0 Å². The van der Waals surface area contributed by atoms with E-state index in [1.807, 2.05) is 0 Å². The summed E-state index contributed by atoms with van der Waals surface area (Å²) in [5.41, 5.74) is 0. The van der Waals surface area contributed by atoms with Crippen LogP contribution >= 0.6 is 0 Å². The molecular formula is C3H7LiO3S. The van der Waals surface area contributed by atoms with Crippen LogP contribution in [0.15, 0.2) is 12.7 Å². The summed E-state index contributed by atoms with van der Waals surface area (Å²) in [5, 5.41) is 0. The molecule has 0 aromatic heterocycles. The van der Waals surface area contributed by atoms with Gasteiger partial charge in [-0.1, -0.05) is 6.08 Å². The number of hydrogen-bond donors (Lipinski definition) is 1. The maximum absolute atomic E-state index is 9.72. The van der Waals surface area contributed by atoms with Crippen molar-refractivity contribution in [1.29, 1.82) is 0 Å². The molecule has 0 aliphatic heterocycles. The summed E-state index contributed by atoms with van der Waals surface area (Å²) >= 11 is 0. The quantitative estimate of drug-likeness (QED) is 0.249. The molecule has 0 heterocycles. The topological polar surface area (TPSA) is 54.4 Å². The summed E-state index contributed by atoms with van der Waals surface area (Å²) in [6.07, 6.45) is 1.12. The van der Waals surface area contributed by atoms with E-state index in [9.17, 15) is 8.42 Å². The molecule has 0 atom stereocenters. The molecule has 0 rings (SSSR count). The van der Waals surface area contributed by atoms with Gasteiger partial charge in [-0.3, -0.25) is 4.55 Å². The van der Waals surface area contributed by atoms with Gasteiger partial charge in [-0.25, -0.2) is 0 Å². The molecule has 3 nitrogen and oxygen atoms in total. The van der Waals surface area contributed by atoms with Gasteiger partial charge in [-0.05, 0) is 0 Å². The molecule has 0 saturated heterocycles. The molecule has 0 aliphatic rings. The molecule has 8 heavy (non-hydrogen) atoms. The normalized spacial score (nSPS) is 9.62. The Kier molecular flexibility index (Phi) is 5.77. The van der Waals surface area contributed by atoms with Crippen molar-refractivity contribution in [3.05, 3.63) is 12.7 Å². The van der Waals surface area contributed by atoms with Crippen molar-refractivity contribution < 1.29 is 33.3 Å². The van der Waals surface area contributed by atoms with E-state index >= 15 is 0 Å². The van der Waals surface area contributed by atoms with Gasteiger partial charge in [0.15, 0.2) is 0 Å². The molecule has 0 saturated carbocycles. The van der Waals surface area contributed by atoms with Crippen LogP contribution in [0.1, 0.15) is 1.43 Å². The summed E-state index contributed by atoms with van der Waals surface area (Å²) in [6, 6.07) is 0. The molecule has 1 N–H and O–H groups in total. The Balaban J connectivity index is -0.000000180. The first-order valence-electron chi connectivity index (χ1n) is 1.62. The molecule has 0 spiro atoms. The first-order chi connectivity index (χ1) is 3.06. The zero-order valence-corrected chi connectivity index (χ0v) is 5.48. The molecule has 0 radical (unpaired) electrons. The van der Waals surface area contributed by atoms with Gasteiger partial charge in [0, 0.05) is 0 Å².